The molecule has 0 bridgehead atoms. The molecule has 1 aliphatic rings. The summed E-state index contributed by atoms with van der Waals surface area (Å²) in [4.78, 5) is 18.3. The van der Waals surface area contributed by atoms with Gasteiger partial charge in [0.25, 0.3) is 5.91 Å². The molecule has 2 aromatic heterocycles. The van der Waals surface area contributed by atoms with Crippen molar-refractivity contribution in [3.63, 3.8) is 0 Å². The van der Waals surface area contributed by atoms with Crippen molar-refractivity contribution in [1.82, 2.24) is 20.1 Å². The molecule has 0 atom stereocenters. The van der Waals surface area contributed by atoms with Crippen molar-refractivity contribution < 1.29 is 18.0 Å². The van der Waals surface area contributed by atoms with Crippen molar-refractivity contribution in [2.24, 2.45) is 7.05 Å². The van der Waals surface area contributed by atoms with Gasteiger partial charge in [-0.25, -0.2) is 4.98 Å². The van der Waals surface area contributed by atoms with E-state index in [-0.39, 0.29) is 22.5 Å². The van der Waals surface area contributed by atoms with E-state index in [2.05, 4.69) is 15.4 Å². The molecule has 0 radical (unpaired) electrons. The molecular formula is C18H14Cl2F3N5O. The minimum atomic E-state index is -4.57. The Morgan fingerprint density at radius 3 is 2.66 bits per heavy atom. The van der Waals surface area contributed by atoms with Crippen LogP contribution in [0.3, 0.4) is 0 Å². The largest absolute Gasteiger partial charge is 0.433 e. The molecule has 29 heavy (non-hydrogen) atoms. The van der Waals surface area contributed by atoms with E-state index in [4.69, 9.17) is 23.2 Å². The van der Waals surface area contributed by atoms with Crippen molar-refractivity contribution in [3.05, 3.63) is 51.9 Å². The standard InChI is InChI=1S/C18H14Cl2F3N5O/c1-27-16(18(21,22)23)11-4-9(2-3-13(11)26-27)17(29)25-10-7-28(8-10)14-5-15(20)24-6-12(14)19/h2-6,10H,7-8H2,1H3,(H,25,29). The number of rotatable bonds is 3. The number of aromatic nitrogens is 3. The number of carbonyl (C=O) groups is 1. The molecule has 3 aromatic rings. The van der Waals surface area contributed by atoms with Crippen LogP contribution < -0.4 is 10.2 Å². The number of benzene rings is 1. The summed E-state index contributed by atoms with van der Waals surface area (Å²) in [6.07, 6.45) is -3.12. The number of pyridine rings is 1. The molecule has 1 fully saturated rings. The van der Waals surface area contributed by atoms with Gasteiger partial charge >= 0.3 is 6.18 Å². The van der Waals surface area contributed by atoms with Crippen LogP contribution in [0.1, 0.15) is 16.1 Å². The van der Waals surface area contributed by atoms with Gasteiger partial charge < -0.3 is 10.2 Å². The number of nitrogens with zero attached hydrogens (tertiary/aromatic N) is 4. The first kappa shape index (κ1) is 19.8. The van der Waals surface area contributed by atoms with Gasteiger partial charge in [0, 0.05) is 43.4 Å². The first-order valence-electron chi connectivity index (χ1n) is 8.54. The number of amides is 1. The Morgan fingerprint density at radius 1 is 1.24 bits per heavy atom. The molecule has 11 heteroatoms. The fourth-order valence-electron chi connectivity index (χ4n) is 3.36. The van der Waals surface area contributed by atoms with Crippen molar-refractivity contribution in [3.8, 4) is 0 Å². The average Bonchev–Trinajstić information content (AvgIpc) is 2.94. The Bertz CT molecular complexity index is 1110. The van der Waals surface area contributed by atoms with Crippen LogP contribution >= 0.6 is 23.2 Å². The number of alkyl halides is 3. The van der Waals surface area contributed by atoms with E-state index in [1.165, 1.54) is 31.4 Å². The van der Waals surface area contributed by atoms with Crippen LogP contribution in [-0.2, 0) is 13.2 Å². The third kappa shape index (κ3) is 3.72. The monoisotopic (exact) mass is 443 g/mol. The van der Waals surface area contributed by atoms with E-state index in [0.29, 0.717) is 29.0 Å². The van der Waals surface area contributed by atoms with E-state index in [0.717, 1.165) is 4.68 Å². The molecule has 1 aromatic carbocycles. The van der Waals surface area contributed by atoms with Crippen LogP contribution in [0.15, 0.2) is 30.5 Å². The van der Waals surface area contributed by atoms with Gasteiger partial charge in [-0.1, -0.05) is 23.2 Å². The fraction of sp³-hybridized carbons (Fsp3) is 0.278. The van der Waals surface area contributed by atoms with Gasteiger partial charge in [-0.15, -0.1) is 0 Å². The molecule has 1 aliphatic heterocycles. The number of aryl methyl sites for hydroxylation is 1. The van der Waals surface area contributed by atoms with Crippen molar-refractivity contribution in [1.29, 1.82) is 0 Å². The van der Waals surface area contributed by atoms with E-state index in [1.807, 2.05) is 4.90 Å². The Hall–Kier alpha value is -2.52. The second-order valence-corrected chi connectivity index (χ2v) is 7.53. The predicted octanol–water partition coefficient (Wildman–Crippen LogP) is 3.91. The predicted molar refractivity (Wildman–Crippen MR) is 103 cm³/mol. The molecule has 1 amide bonds. The summed E-state index contributed by atoms with van der Waals surface area (Å²) in [6, 6.07) is 5.55. The lowest BCUT2D eigenvalue weighted by atomic mass is 10.1. The Morgan fingerprint density at radius 2 is 1.97 bits per heavy atom. The van der Waals surface area contributed by atoms with Crippen LogP contribution in [0.5, 0.6) is 0 Å². The Balaban J connectivity index is 1.48. The highest BCUT2D eigenvalue weighted by Gasteiger charge is 2.37. The summed E-state index contributed by atoms with van der Waals surface area (Å²) in [7, 11) is 1.22. The maximum Gasteiger partial charge on any atom is 0.433 e. The molecule has 0 saturated carbocycles. The molecule has 3 heterocycles. The summed E-state index contributed by atoms with van der Waals surface area (Å²) >= 11 is 12.0. The minimum absolute atomic E-state index is 0.110. The van der Waals surface area contributed by atoms with Gasteiger partial charge in [0.15, 0.2) is 0 Å². The highest BCUT2D eigenvalue weighted by atomic mass is 35.5. The van der Waals surface area contributed by atoms with E-state index in [9.17, 15) is 18.0 Å². The number of anilines is 1. The van der Waals surface area contributed by atoms with E-state index < -0.39 is 17.8 Å². The number of hydrogen-bond acceptors (Lipinski definition) is 4. The second kappa shape index (κ2) is 7.07. The van der Waals surface area contributed by atoms with Gasteiger partial charge in [-0.3, -0.25) is 9.48 Å². The summed E-state index contributed by atoms with van der Waals surface area (Å²) in [6.45, 7) is 0.990. The minimum Gasteiger partial charge on any atom is -0.366 e. The zero-order valence-corrected chi connectivity index (χ0v) is 16.5. The zero-order valence-electron chi connectivity index (χ0n) is 15.0. The Kier molecular flexibility index (Phi) is 4.82. The van der Waals surface area contributed by atoms with Crippen molar-refractivity contribution >= 4 is 45.7 Å². The first-order chi connectivity index (χ1) is 13.6. The van der Waals surface area contributed by atoms with Gasteiger partial charge in [-0.2, -0.15) is 18.3 Å². The van der Waals surface area contributed by atoms with Crippen molar-refractivity contribution in [2.45, 2.75) is 12.2 Å². The van der Waals surface area contributed by atoms with Gasteiger partial charge in [0.2, 0.25) is 0 Å². The molecule has 1 N–H and O–H groups in total. The topological polar surface area (TPSA) is 63.1 Å². The molecule has 0 aliphatic carbocycles. The Labute approximate surface area is 173 Å². The lowest BCUT2D eigenvalue weighted by Gasteiger charge is -2.41. The van der Waals surface area contributed by atoms with Gasteiger partial charge in [-0.05, 0) is 18.2 Å². The normalized spacial score (nSPS) is 14.9. The first-order valence-corrected chi connectivity index (χ1v) is 9.30. The van der Waals surface area contributed by atoms with Crippen LogP contribution in [-0.4, -0.2) is 39.8 Å². The van der Waals surface area contributed by atoms with Crippen LogP contribution in [0.4, 0.5) is 18.9 Å². The van der Waals surface area contributed by atoms with Crippen LogP contribution in [0, 0.1) is 0 Å². The van der Waals surface area contributed by atoms with Crippen molar-refractivity contribution in [2.75, 3.05) is 18.0 Å². The lowest BCUT2D eigenvalue weighted by Crippen LogP contribution is -2.59. The SMILES string of the molecule is Cn1nc2ccc(C(=O)NC3CN(c4cc(Cl)ncc4Cl)C3)cc2c1C(F)(F)F. The molecule has 6 nitrogen and oxygen atoms in total. The molecule has 1 saturated heterocycles. The number of fused-ring (bicyclic) bond motifs is 1. The highest BCUT2D eigenvalue weighted by Crippen LogP contribution is 2.35. The molecule has 0 spiro atoms. The zero-order chi connectivity index (χ0) is 20.9. The molecular weight excluding hydrogens is 430 g/mol. The van der Waals surface area contributed by atoms with Gasteiger partial charge in [0.05, 0.1) is 22.3 Å². The molecule has 0 unspecified atom stereocenters. The summed E-state index contributed by atoms with van der Waals surface area (Å²) in [5.74, 6) is -0.451. The maximum absolute atomic E-state index is 13.3. The third-order valence-electron chi connectivity index (χ3n) is 4.72. The second-order valence-electron chi connectivity index (χ2n) is 6.74. The van der Waals surface area contributed by atoms with Crippen LogP contribution in [0.25, 0.3) is 10.9 Å². The lowest BCUT2D eigenvalue weighted by molar-refractivity contribution is -0.142. The smallest absolute Gasteiger partial charge is 0.366 e. The summed E-state index contributed by atoms with van der Waals surface area (Å²) in [5.41, 5.74) is 0.139. The summed E-state index contributed by atoms with van der Waals surface area (Å²) in [5, 5.41) is 7.32. The number of halogens is 5. The maximum atomic E-state index is 13.3. The average molecular weight is 444 g/mol. The fourth-order valence-corrected chi connectivity index (χ4v) is 3.73. The van der Waals surface area contributed by atoms with E-state index >= 15 is 0 Å². The quantitative estimate of drug-likeness (QED) is 0.623. The highest BCUT2D eigenvalue weighted by molar-refractivity contribution is 6.34. The summed E-state index contributed by atoms with van der Waals surface area (Å²) < 4.78 is 40.7. The number of carbonyl (C=O) groups excluding carboxylic acids is 1. The van der Waals surface area contributed by atoms with E-state index in [1.54, 1.807) is 6.07 Å². The molecule has 4 rings (SSSR count). The van der Waals surface area contributed by atoms with Gasteiger partial charge in [0.1, 0.15) is 10.8 Å². The number of nitrogens with one attached hydrogen (secondary N) is 1. The number of hydrogen-bond donors (Lipinski definition) is 1. The molecule has 152 valence electrons. The third-order valence-corrected chi connectivity index (χ3v) is 5.22. The van der Waals surface area contributed by atoms with Crippen LogP contribution in [0.2, 0.25) is 10.2 Å².